The van der Waals surface area contributed by atoms with Gasteiger partial charge in [-0.3, -0.25) is 0 Å². The zero-order valence-electron chi connectivity index (χ0n) is 10.8. The molecule has 0 aliphatic heterocycles. The number of nitrogens with one attached hydrogen (secondary N) is 2. The Kier molecular flexibility index (Phi) is 6.81. The molecule has 5 nitrogen and oxygen atoms in total. The number of urea groups is 1. The highest BCUT2D eigenvalue weighted by atomic mass is 32.2. The molecule has 1 aromatic carbocycles. The molecule has 3 N–H and O–H groups in total. The monoisotopic (exact) mass is 282 g/mol. The average molecular weight is 282 g/mol. The largest absolute Gasteiger partial charge is 0.478 e. The predicted molar refractivity (Wildman–Crippen MR) is 78.0 cm³/mol. The van der Waals surface area contributed by atoms with Crippen molar-refractivity contribution < 1.29 is 14.7 Å². The van der Waals surface area contributed by atoms with Crippen molar-refractivity contribution in [1.82, 2.24) is 5.32 Å². The maximum Gasteiger partial charge on any atom is 0.335 e. The van der Waals surface area contributed by atoms with E-state index < -0.39 is 5.97 Å². The van der Waals surface area contributed by atoms with E-state index >= 15 is 0 Å². The minimum Gasteiger partial charge on any atom is -0.478 e. The molecule has 0 saturated carbocycles. The lowest BCUT2D eigenvalue weighted by atomic mass is 10.2. The van der Waals surface area contributed by atoms with E-state index in [1.54, 1.807) is 12.1 Å². The van der Waals surface area contributed by atoms with Crippen LogP contribution in [0.25, 0.3) is 0 Å². The van der Waals surface area contributed by atoms with Crippen LogP contribution in [0.3, 0.4) is 0 Å². The van der Waals surface area contributed by atoms with Gasteiger partial charge < -0.3 is 15.7 Å². The van der Waals surface area contributed by atoms with Crippen molar-refractivity contribution in [3.63, 3.8) is 0 Å². The summed E-state index contributed by atoms with van der Waals surface area (Å²) in [5.41, 5.74) is 0.623. The van der Waals surface area contributed by atoms with Crippen molar-refractivity contribution in [3.8, 4) is 0 Å². The van der Waals surface area contributed by atoms with E-state index in [0.29, 0.717) is 12.2 Å². The fourth-order valence-electron chi connectivity index (χ4n) is 1.43. The number of hydrogen-bond acceptors (Lipinski definition) is 3. The molecule has 0 heterocycles. The second-order valence-corrected chi connectivity index (χ2v) is 5.21. The molecular weight excluding hydrogens is 264 g/mol. The minimum absolute atomic E-state index is 0.150. The number of carbonyl (C=O) groups excluding carboxylic acids is 1. The summed E-state index contributed by atoms with van der Waals surface area (Å²) in [6.45, 7) is 2.71. The van der Waals surface area contributed by atoms with Crippen molar-refractivity contribution in [1.29, 1.82) is 0 Å². The summed E-state index contributed by atoms with van der Waals surface area (Å²) in [6, 6.07) is 5.84. The van der Waals surface area contributed by atoms with Gasteiger partial charge in [0.1, 0.15) is 0 Å². The first-order valence-electron chi connectivity index (χ1n) is 6.09. The van der Waals surface area contributed by atoms with E-state index in [2.05, 4.69) is 17.6 Å². The summed E-state index contributed by atoms with van der Waals surface area (Å²) in [4.78, 5) is 22.3. The number of carboxylic acid groups (broad SMARTS) is 1. The number of aromatic carboxylic acids is 1. The minimum atomic E-state index is -1.01. The quantitative estimate of drug-likeness (QED) is 0.672. The Morgan fingerprint density at radius 1 is 1.37 bits per heavy atom. The van der Waals surface area contributed by atoms with Gasteiger partial charge in [-0.15, -0.1) is 0 Å². The van der Waals surface area contributed by atoms with Crippen LogP contribution in [0.4, 0.5) is 10.5 Å². The van der Waals surface area contributed by atoms with Crippen LogP contribution in [0, 0.1) is 0 Å². The van der Waals surface area contributed by atoms with Crippen LogP contribution in [0.1, 0.15) is 23.7 Å². The second kappa shape index (κ2) is 8.42. The summed E-state index contributed by atoms with van der Waals surface area (Å²) in [5, 5.41) is 14.2. The first-order valence-corrected chi connectivity index (χ1v) is 7.25. The lowest BCUT2D eigenvalue weighted by Crippen LogP contribution is -2.29. The standard InChI is InChI=1S/C13H18N2O3S/c1-2-19-8-4-7-14-13(18)15-11-6-3-5-10(9-11)12(16)17/h3,5-6,9H,2,4,7-8H2,1H3,(H,16,17)(H2,14,15,18). The van der Waals surface area contributed by atoms with Gasteiger partial charge in [0.2, 0.25) is 0 Å². The van der Waals surface area contributed by atoms with Crippen molar-refractivity contribution >= 4 is 29.4 Å². The lowest BCUT2D eigenvalue weighted by molar-refractivity contribution is 0.0697. The number of benzene rings is 1. The molecule has 0 atom stereocenters. The molecule has 0 aliphatic rings. The van der Waals surface area contributed by atoms with Gasteiger partial charge in [0.05, 0.1) is 5.56 Å². The summed E-state index contributed by atoms with van der Waals surface area (Å²) < 4.78 is 0. The molecule has 0 spiro atoms. The fourth-order valence-corrected chi connectivity index (χ4v) is 2.06. The molecule has 0 aliphatic carbocycles. The molecule has 0 fully saturated rings. The van der Waals surface area contributed by atoms with Crippen LogP contribution in [0.15, 0.2) is 24.3 Å². The molecule has 0 bridgehead atoms. The smallest absolute Gasteiger partial charge is 0.335 e. The highest BCUT2D eigenvalue weighted by Gasteiger charge is 2.05. The fraction of sp³-hybridized carbons (Fsp3) is 0.385. The summed E-state index contributed by atoms with van der Waals surface area (Å²) in [5.74, 6) is 1.08. The van der Waals surface area contributed by atoms with Crippen molar-refractivity contribution in [2.24, 2.45) is 0 Å². The SMILES string of the molecule is CCSCCCNC(=O)Nc1cccc(C(=O)O)c1. The van der Waals surface area contributed by atoms with Crippen LogP contribution in [-0.4, -0.2) is 35.2 Å². The van der Waals surface area contributed by atoms with E-state index in [1.807, 2.05) is 11.8 Å². The number of carboxylic acids is 1. The third-order valence-electron chi connectivity index (χ3n) is 2.32. The maximum absolute atomic E-state index is 11.5. The number of amides is 2. The van der Waals surface area contributed by atoms with Gasteiger partial charge >= 0.3 is 12.0 Å². The number of rotatable bonds is 7. The zero-order valence-corrected chi connectivity index (χ0v) is 11.6. The molecule has 1 rings (SSSR count). The number of carbonyl (C=O) groups is 2. The van der Waals surface area contributed by atoms with E-state index in [0.717, 1.165) is 17.9 Å². The second-order valence-electron chi connectivity index (χ2n) is 3.82. The Balaban J connectivity index is 2.35. The van der Waals surface area contributed by atoms with E-state index in [9.17, 15) is 9.59 Å². The highest BCUT2D eigenvalue weighted by molar-refractivity contribution is 7.99. The van der Waals surface area contributed by atoms with Crippen LogP contribution in [0.2, 0.25) is 0 Å². The van der Waals surface area contributed by atoms with Crippen LogP contribution >= 0.6 is 11.8 Å². The van der Waals surface area contributed by atoms with Gasteiger partial charge in [-0.2, -0.15) is 11.8 Å². The Hall–Kier alpha value is -1.69. The third kappa shape index (κ3) is 6.15. The topological polar surface area (TPSA) is 78.4 Å². The first kappa shape index (κ1) is 15.4. The Morgan fingerprint density at radius 3 is 2.84 bits per heavy atom. The zero-order chi connectivity index (χ0) is 14.1. The molecular formula is C13H18N2O3S. The third-order valence-corrected chi connectivity index (χ3v) is 3.31. The number of thioether (sulfide) groups is 1. The van der Waals surface area contributed by atoms with Crippen molar-refractivity contribution in [2.75, 3.05) is 23.4 Å². The van der Waals surface area contributed by atoms with Crippen molar-refractivity contribution in [2.45, 2.75) is 13.3 Å². The molecule has 0 saturated heterocycles. The molecule has 104 valence electrons. The molecule has 0 unspecified atom stereocenters. The average Bonchev–Trinajstić information content (AvgIpc) is 2.38. The molecule has 19 heavy (non-hydrogen) atoms. The normalized spacial score (nSPS) is 9.95. The first-order chi connectivity index (χ1) is 9.13. The van der Waals surface area contributed by atoms with Gasteiger partial charge in [0.25, 0.3) is 0 Å². The maximum atomic E-state index is 11.5. The number of hydrogen-bond donors (Lipinski definition) is 3. The van der Waals surface area contributed by atoms with Gasteiger partial charge in [0.15, 0.2) is 0 Å². The van der Waals surface area contributed by atoms with Crippen molar-refractivity contribution in [3.05, 3.63) is 29.8 Å². The Labute approximate surface area is 116 Å². The lowest BCUT2D eigenvalue weighted by Gasteiger charge is -2.07. The van der Waals surface area contributed by atoms with Gasteiger partial charge in [-0.05, 0) is 36.1 Å². The molecule has 0 aromatic heterocycles. The van der Waals surface area contributed by atoms with E-state index in [-0.39, 0.29) is 11.6 Å². The predicted octanol–water partition coefficient (Wildman–Crippen LogP) is 2.65. The van der Waals surface area contributed by atoms with Gasteiger partial charge in [0, 0.05) is 12.2 Å². The van der Waals surface area contributed by atoms with Crippen LogP contribution in [0.5, 0.6) is 0 Å². The van der Waals surface area contributed by atoms with Gasteiger partial charge in [-0.25, -0.2) is 9.59 Å². The molecule has 0 radical (unpaired) electrons. The summed E-state index contributed by atoms with van der Waals surface area (Å²) in [7, 11) is 0. The molecule has 1 aromatic rings. The molecule has 2 amide bonds. The van der Waals surface area contributed by atoms with E-state index in [1.165, 1.54) is 12.1 Å². The van der Waals surface area contributed by atoms with Gasteiger partial charge in [-0.1, -0.05) is 13.0 Å². The van der Waals surface area contributed by atoms with Crippen LogP contribution in [-0.2, 0) is 0 Å². The highest BCUT2D eigenvalue weighted by Crippen LogP contribution is 2.10. The number of anilines is 1. The molecule has 6 heteroatoms. The van der Waals surface area contributed by atoms with E-state index in [4.69, 9.17) is 5.11 Å². The Morgan fingerprint density at radius 2 is 2.16 bits per heavy atom. The summed E-state index contributed by atoms with van der Waals surface area (Å²) in [6.07, 6.45) is 0.918. The Bertz CT molecular complexity index is 438. The van der Waals surface area contributed by atoms with Crippen LogP contribution < -0.4 is 10.6 Å². The summed E-state index contributed by atoms with van der Waals surface area (Å²) >= 11 is 1.83.